The lowest BCUT2D eigenvalue weighted by Crippen LogP contribution is -2.44. The summed E-state index contributed by atoms with van der Waals surface area (Å²) in [6, 6.07) is 19.5. The van der Waals surface area contributed by atoms with Crippen molar-refractivity contribution in [3.8, 4) is 5.75 Å². The fourth-order valence-electron chi connectivity index (χ4n) is 3.58. The molecule has 0 radical (unpaired) electrons. The predicted molar refractivity (Wildman–Crippen MR) is 117 cm³/mol. The molecule has 6 nitrogen and oxygen atoms in total. The Balaban J connectivity index is 1.24. The standard InChI is InChI=1S/C24H31N3O3/c28-23(19-30-22-11-5-2-6-12-22)27-16-13-21(14-17-27)18-26-24(29)25-15-7-10-20-8-3-1-4-9-20/h1-6,8-9,11-12,21H,7,10,13-19H2,(H2,25,26,29). The zero-order chi connectivity index (χ0) is 21.0. The molecule has 1 heterocycles. The Labute approximate surface area is 178 Å². The lowest BCUT2D eigenvalue weighted by Gasteiger charge is -2.32. The first-order chi connectivity index (χ1) is 14.7. The normalized spacial score (nSPS) is 14.2. The van der Waals surface area contributed by atoms with Gasteiger partial charge >= 0.3 is 6.03 Å². The minimum atomic E-state index is -0.113. The van der Waals surface area contributed by atoms with Crippen LogP contribution in [0.3, 0.4) is 0 Å². The van der Waals surface area contributed by atoms with Crippen LogP contribution < -0.4 is 15.4 Å². The van der Waals surface area contributed by atoms with Gasteiger partial charge in [-0.2, -0.15) is 0 Å². The van der Waals surface area contributed by atoms with Crippen LogP contribution in [0.2, 0.25) is 0 Å². The van der Waals surface area contributed by atoms with E-state index in [-0.39, 0.29) is 18.5 Å². The van der Waals surface area contributed by atoms with Crippen molar-refractivity contribution < 1.29 is 14.3 Å². The third-order valence-electron chi connectivity index (χ3n) is 5.39. The maximum Gasteiger partial charge on any atom is 0.314 e. The van der Waals surface area contributed by atoms with E-state index < -0.39 is 0 Å². The third-order valence-corrected chi connectivity index (χ3v) is 5.39. The summed E-state index contributed by atoms with van der Waals surface area (Å²) in [6.07, 6.45) is 3.67. The smallest absolute Gasteiger partial charge is 0.314 e. The molecule has 30 heavy (non-hydrogen) atoms. The number of urea groups is 1. The summed E-state index contributed by atoms with van der Waals surface area (Å²) in [5.41, 5.74) is 1.29. The molecule has 6 heteroatoms. The maximum atomic E-state index is 12.3. The number of carbonyl (C=O) groups is 2. The van der Waals surface area contributed by atoms with Crippen LogP contribution in [0.1, 0.15) is 24.8 Å². The number of para-hydroxylation sites is 1. The fraction of sp³-hybridized carbons (Fsp3) is 0.417. The number of piperidine rings is 1. The Morgan fingerprint density at radius 1 is 0.933 bits per heavy atom. The molecule has 0 spiro atoms. The summed E-state index contributed by atoms with van der Waals surface area (Å²) in [5.74, 6) is 1.13. The topological polar surface area (TPSA) is 70.7 Å². The van der Waals surface area contributed by atoms with Crippen LogP contribution in [0.15, 0.2) is 60.7 Å². The molecular weight excluding hydrogens is 378 g/mol. The Kier molecular flexibility index (Phi) is 8.57. The van der Waals surface area contributed by atoms with Gasteiger partial charge in [-0.1, -0.05) is 48.5 Å². The molecule has 3 rings (SSSR count). The highest BCUT2D eigenvalue weighted by Crippen LogP contribution is 2.17. The molecular formula is C24H31N3O3. The zero-order valence-electron chi connectivity index (χ0n) is 17.4. The highest BCUT2D eigenvalue weighted by atomic mass is 16.5. The number of benzene rings is 2. The van der Waals surface area contributed by atoms with Crippen molar-refractivity contribution in [2.75, 3.05) is 32.8 Å². The predicted octanol–water partition coefficient (Wildman–Crippen LogP) is 3.24. The quantitative estimate of drug-likeness (QED) is 0.625. The molecule has 1 aliphatic rings. The van der Waals surface area contributed by atoms with Gasteiger partial charge in [0, 0.05) is 26.2 Å². The second-order valence-electron chi connectivity index (χ2n) is 7.65. The first kappa shape index (κ1) is 21.7. The van der Waals surface area contributed by atoms with Crippen LogP contribution >= 0.6 is 0 Å². The summed E-state index contributed by atoms with van der Waals surface area (Å²) in [6.45, 7) is 2.80. The number of carbonyl (C=O) groups excluding carboxylic acids is 2. The van der Waals surface area contributed by atoms with Gasteiger partial charge in [0.15, 0.2) is 6.61 Å². The largest absolute Gasteiger partial charge is 0.484 e. The number of rotatable bonds is 9. The van der Waals surface area contributed by atoms with Crippen LogP contribution in [0.4, 0.5) is 4.79 Å². The molecule has 0 unspecified atom stereocenters. The summed E-state index contributed by atoms with van der Waals surface area (Å²) < 4.78 is 5.55. The number of nitrogens with zero attached hydrogens (tertiary/aromatic N) is 1. The molecule has 1 aliphatic heterocycles. The molecule has 0 aliphatic carbocycles. The Bertz CT molecular complexity index is 775. The van der Waals surface area contributed by atoms with Crippen LogP contribution in [-0.2, 0) is 11.2 Å². The molecule has 1 saturated heterocycles. The fourth-order valence-corrected chi connectivity index (χ4v) is 3.58. The number of hydrogen-bond acceptors (Lipinski definition) is 3. The Morgan fingerprint density at radius 3 is 2.30 bits per heavy atom. The van der Waals surface area contributed by atoms with Gasteiger partial charge in [0.2, 0.25) is 0 Å². The van der Waals surface area contributed by atoms with Crippen molar-refractivity contribution in [1.29, 1.82) is 0 Å². The van der Waals surface area contributed by atoms with E-state index in [4.69, 9.17) is 4.74 Å². The molecule has 2 aromatic carbocycles. The van der Waals surface area contributed by atoms with Gasteiger partial charge in [-0.3, -0.25) is 4.79 Å². The van der Waals surface area contributed by atoms with Crippen LogP contribution in [0.5, 0.6) is 5.75 Å². The molecule has 3 amide bonds. The van der Waals surface area contributed by atoms with Crippen LogP contribution in [-0.4, -0.2) is 49.6 Å². The highest BCUT2D eigenvalue weighted by molar-refractivity contribution is 5.77. The lowest BCUT2D eigenvalue weighted by atomic mass is 9.97. The molecule has 160 valence electrons. The number of aryl methyl sites for hydroxylation is 1. The van der Waals surface area contributed by atoms with Crippen molar-refractivity contribution in [3.05, 3.63) is 66.2 Å². The maximum absolute atomic E-state index is 12.3. The van der Waals surface area contributed by atoms with Gasteiger partial charge in [0.05, 0.1) is 0 Å². The molecule has 0 aromatic heterocycles. The van der Waals surface area contributed by atoms with Crippen molar-refractivity contribution in [2.24, 2.45) is 5.92 Å². The van der Waals surface area contributed by atoms with E-state index in [1.165, 1.54) is 5.56 Å². The molecule has 0 atom stereocenters. The average molecular weight is 410 g/mol. The zero-order valence-corrected chi connectivity index (χ0v) is 17.4. The molecule has 0 saturated carbocycles. The monoisotopic (exact) mass is 409 g/mol. The van der Waals surface area contributed by atoms with E-state index in [1.807, 2.05) is 53.4 Å². The second kappa shape index (κ2) is 11.9. The number of amides is 3. The summed E-state index contributed by atoms with van der Waals surface area (Å²) in [4.78, 5) is 26.2. The molecule has 1 fully saturated rings. The third kappa shape index (κ3) is 7.43. The number of ether oxygens (including phenoxy) is 1. The molecule has 2 N–H and O–H groups in total. The van der Waals surface area contributed by atoms with Gasteiger partial charge in [0.1, 0.15) is 5.75 Å². The first-order valence-corrected chi connectivity index (χ1v) is 10.7. The van der Waals surface area contributed by atoms with E-state index in [0.717, 1.165) is 25.7 Å². The van der Waals surface area contributed by atoms with Crippen molar-refractivity contribution in [3.63, 3.8) is 0 Å². The molecule has 2 aromatic rings. The van der Waals surface area contributed by atoms with E-state index in [0.29, 0.717) is 37.8 Å². The average Bonchev–Trinajstić information content (AvgIpc) is 2.80. The van der Waals surface area contributed by atoms with E-state index in [2.05, 4.69) is 22.8 Å². The van der Waals surface area contributed by atoms with Crippen LogP contribution in [0, 0.1) is 5.92 Å². The van der Waals surface area contributed by atoms with Gasteiger partial charge in [-0.15, -0.1) is 0 Å². The van der Waals surface area contributed by atoms with Gasteiger partial charge < -0.3 is 20.3 Å². The second-order valence-corrected chi connectivity index (χ2v) is 7.65. The van der Waals surface area contributed by atoms with Crippen molar-refractivity contribution >= 4 is 11.9 Å². The summed E-state index contributed by atoms with van der Waals surface area (Å²) in [7, 11) is 0. The van der Waals surface area contributed by atoms with Crippen molar-refractivity contribution in [1.82, 2.24) is 15.5 Å². The van der Waals surface area contributed by atoms with Gasteiger partial charge in [-0.25, -0.2) is 4.79 Å². The van der Waals surface area contributed by atoms with Crippen LogP contribution in [0.25, 0.3) is 0 Å². The van der Waals surface area contributed by atoms with Gasteiger partial charge in [0.25, 0.3) is 5.91 Å². The Morgan fingerprint density at radius 2 is 1.60 bits per heavy atom. The number of likely N-dealkylation sites (tertiary alicyclic amines) is 1. The summed E-state index contributed by atoms with van der Waals surface area (Å²) >= 11 is 0. The van der Waals surface area contributed by atoms with Crippen molar-refractivity contribution in [2.45, 2.75) is 25.7 Å². The van der Waals surface area contributed by atoms with E-state index >= 15 is 0 Å². The van der Waals surface area contributed by atoms with E-state index in [1.54, 1.807) is 0 Å². The van der Waals surface area contributed by atoms with Gasteiger partial charge in [-0.05, 0) is 49.3 Å². The lowest BCUT2D eigenvalue weighted by molar-refractivity contribution is -0.134. The number of hydrogen-bond donors (Lipinski definition) is 2. The SMILES string of the molecule is O=C(NCCCc1ccccc1)NCC1CCN(C(=O)COc2ccccc2)CC1. The minimum Gasteiger partial charge on any atom is -0.484 e. The van der Waals surface area contributed by atoms with E-state index in [9.17, 15) is 9.59 Å². The highest BCUT2D eigenvalue weighted by Gasteiger charge is 2.23. The molecule has 0 bridgehead atoms. The minimum absolute atomic E-state index is 0.0152. The first-order valence-electron chi connectivity index (χ1n) is 10.7. The Hall–Kier alpha value is -3.02. The summed E-state index contributed by atoms with van der Waals surface area (Å²) in [5, 5.41) is 5.88. The number of nitrogens with one attached hydrogen (secondary N) is 2.